The lowest BCUT2D eigenvalue weighted by Gasteiger charge is -2.40. The van der Waals surface area contributed by atoms with Crippen molar-refractivity contribution < 1.29 is 0 Å². The van der Waals surface area contributed by atoms with Gasteiger partial charge < -0.3 is 15.1 Å². The largest absolute Gasteiger partial charge is 0.347 e. The zero-order valence-corrected chi connectivity index (χ0v) is 12.3. The third-order valence-electron chi connectivity index (χ3n) is 4.73. The minimum absolute atomic E-state index is 0.547. The molecule has 0 amide bonds. The van der Waals surface area contributed by atoms with Crippen LogP contribution in [0.25, 0.3) is 0 Å². The van der Waals surface area contributed by atoms with E-state index in [1.54, 1.807) is 6.20 Å². The normalized spacial score (nSPS) is 31.6. The molecule has 0 spiro atoms. The van der Waals surface area contributed by atoms with Gasteiger partial charge in [0.2, 0.25) is 0 Å². The highest BCUT2D eigenvalue weighted by molar-refractivity contribution is 6.30. The van der Waals surface area contributed by atoms with Crippen LogP contribution in [0.5, 0.6) is 0 Å². The Labute approximate surface area is 124 Å². The van der Waals surface area contributed by atoms with E-state index in [1.807, 2.05) is 13.1 Å². The molecule has 1 aromatic heterocycles. The molecule has 2 fully saturated rings. The smallest absolute Gasteiger partial charge is 0.156 e. The molecule has 4 heterocycles. The second-order valence-electron chi connectivity index (χ2n) is 6.08. The van der Waals surface area contributed by atoms with Gasteiger partial charge in [-0.25, -0.2) is 4.98 Å². The summed E-state index contributed by atoms with van der Waals surface area (Å²) < 4.78 is 0. The number of hydrogen-bond acceptors (Lipinski definition) is 4. The number of nitrogens with one attached hydrogen (secondary N) is 1. The van der Waals surface area contributed by atoms with Gasteiger partial charge in [-0.2, -0.15) is 0 Å². The van der Waals surface area contributed by atoms with Gasteiger partial charge in [0.05, 0.1) is 10.7 Å². The molecular weight excluding hydrogens is 272 g/mol. The van der Waals surface area contributed by atoms with E-state index in [0.717, 1.165) is 11.5 Å². The summed E-state index contributed by atoms with van der Waals surface area (Å²) in [4.78, 5) is 9.01. The average Bonchev–Trinajstić information content (AvgIpc) is 2.78. The molecule has 20 heavy (non-hydrogen) atoms. The van der Waals surface area contributed by atoms with Gasteiger partial charge in [-0.05, 0) is 31.7 Å². The molecule has 1 aromatic rings. The quantitative estimate of drug-likeness (QED) is 0.862. The monoisotopic (exact) mass is 290 g/mol. The Morgan fingerprint density at radius 2 is 2.00 bits per heavy atom. The molecule has 1 N–H and O–H groups in total. The van der Waals surface area contributed by atoms with Gasteiger partial charge in [-0.15, -0.1) is 0 Å². The fourth-order valence-corrected chi connectivity index (χ4v) is 3.90. The van der Waals surface area contributed by atoms with Gasteiger partial charge in [-0.3, -0.25) is 0 Å². The number of aromatic nitrogens is 1. The highest BCUT2D eigenvalue weighted by atomic mass is 35.5. The minimum atomic E-state index is 0.547. The number of anilines is 2. The Kier molecular flexibility index (Phi) is 2.89. The fourth-order valence-electron chi connectivity index (χ4n) is 3.75. The number of pyridine rings is 1. The van der Waals surface area contributed by atoms with Gasteiger partial charge in [0.25, 0.3) is 0 Å². The molecule has 0 saturated carbocycles. The first-order valence-corrected chi connectivity index (χ1v) is 7.69. The van der Waals surface area contributed by atoms with Crippen LogP contribution >= 0.6 is 11.6 Å². The van der Waals surface area contributed by atoms with Crippen LogP contribution in [0.3, 0.4) is 0 Å². The number of rotatable bonds is 1. The first kappa shape index (κ1) is 12.5. The number of halogens is 1. The zero-order valence-electron chi connectivity index (χ0n) is 11.6. The van der Waals surface area contributed by atoms with E-state index in [2.05, 4.69) is 32.5 Å². The summed E-state index contributed by atoms with van der Waals surface area (Å²) in [5.41, 5.74) is 1.09. The average molecular weight is 291 g/mol. The van der Waals surface area contributed by atoms with Crippen LogP contribution in [0.2, 0.25) is 5.02 Å². The molecule has 2 saturated heterocycles. The minimum Gasteiger partial charge on any atom is -0.347 e. The van der Waals surface area contributed by atoms with Crippen molar-refractivity contribution in [3.63, 3.8) is 0 Å². The van der Waals surface area contributed by atoms with E-state index < -0.39 is 0 Å². The van der Waals surface area contributed by atoms with Crippen molar-refractivity contribution in [2.45, 2.75) is 43.8 Å². The first-order valence-electron chi connectivity index (χ1n) is 7.32. The summed E-state index contributed by atoms with van der Waals surface area (Å²) >= 11 is 6.09. The molecule has 4 rings (SSSR count). The summed E-state index contributed by atoms with van der Waals surface area (Å²) in [6, 6.07) is 3.91. The van der Waals surface area contributed by atoms with Gasteiger partial charge in [0.15, 0.2) is 5.82 Å². The lowest BCUT2D eigenvalue weighted by atomic mass is 9.98. The van der Waals surface area contributed by atoms with Crippen molar-refractivity contribution in [1.82, 2.24) is 10.3 Å². The van der Waals surface area contributed by atoms with Crippen molar-refractivity contribution in [1.29, 1.82) is 0 Å². The molecule has 3 aliphatic heterocycles. The Hall–Kier alpha value is -1.26. The van der Waals surface area contributed by atoms with Crippen molar-refractivity contribution in [3.05, 3.63) is 29.7 Å². The van der Waals surface area contributed by atoms with Crippen molar-refractivity contribution in [2.24, 2.45) is 0 Å². The van der Waals surface area contributed by atoms with Crippen LogP contribution in [-0.4, -0.2) is 30.2 Å². The highest BCUT2D eigenvalue weighted by Gasteiger charge is 2.37. The standard InChI is InChI=1S/C15H19ClN4/c1-19-4-5-20(15-14(19)6-10(16)9-17-15)13-7-11-2-3-12(8-13)18-11/h4-6,9,11-13,18H,2-3,7-8H2,1H3. The van der Waals surface area contributed by atoms with E-state index in [0.29, 0.717) is 23.1 Å². The van der Waals surface area contributed by atoms with E-state index in [-0.39, 0.29) is 0 Å². The highest BCUT2D eigenvalue weighted by Crippen LogP contribution is 2.38. The van der Waals surface area contributed by atoms with Crippen molar-refractivity contribution in [2.75, 3.05) is 16.8 Å². The van der Waals surface area contributed by atoms with Crippen molar-refractivity contribution >= 4 is 23.1 Å². The van der Waals surface area contributed by atoms with Crippen LogP contribution in [0.4, 0.5) is 11.5 Å². The molecule has 2 unspecified atom stereocenters. The molecule has 0 radical (unpaired) electrons. The van der Waals surface area contributed by atoms with Crippen LogP contribution in [-0.2, 0) is 0 Å². The number of nitrogens with zero attached hydrogens (tertiary/aromatic N) is 3. The van der Waals surface area contributed by atoms with Gasteiger partial charge >= 0.3 is 0 Å². The molecule has 3 aliphatic rings. The summed E-state index contributed by atoms with van der Waals surface area (Å²) in [6.07, 6.45) is 11.1. The topological polar surface area (TPSA) is 31.4 Å². The molecule has 2 atom stereocenters. The Morgan fingerprint density at radius 3 is 2.75 bits per heavy atom. The van der Waals surface area contributed by atoms with E-state index in [1.165, 1.54) is 25.7 Å². The number of piperidine rings is 1. The summed E-state index contributed by atoms with van der Waals surface area (Å²) in [5.74, 6) is 1.03. The predicted octanol–water partition coefficient (Wildman–Crippen LogP) is 2.75. The van der Waals surface area contributed by atoms with Crippen LogP contribution in [0, 0.1) is 0 Å². The zero-order chi connectivity index (χ0) is 13.7. The summed E-state index contributed by atoms with van der Waals surface area (Å²) in [7, 11) is 2.04. The first-order chi connectivity index (χ1) is 9.70. The van der Waals surface area contributed by atoms with Gasteiger partial charge in [-0.1, -0.05) is 11.6 Å². The molecular formula is C15H19ClN4. The van der Waals surface area contributed by atoms with Gasteiger partial charge in [0, 0.05) is 43.8 Å². The molecule has 0 aliphatic carbocycles. The molecule has 5 heteroatoms. The molecule has 2 bridgehead atoms. The van der Waals surface area contributed by atoms with Crippen LogP contribution in [0.1, 0.15) is 25.7 Å². The maximum atomic E-state index is 6.09. The number of fused-ring (bicyclic) bond motifs is 3. The second-order valence-corrected chi connectivity index (χ2v) is 6.51. The van der Waals surface area contributed by atoms with E-state index in [9.17, 15) is 0 Å². The Bertz CT molecular complexity index is 547. The Morgan fingerprint density at radius 1 is 1.25 bits per heavy atom. The third-order valence-corrected chi connectivity index (χ3v) is 4.94. The molecule has 106 valence electrons. The van der Waals surface area contributed by atoms with Crippen LogP contribution < -0.4 is 15.1 Å². The number of hydrogen-bond donors (Lipinski definition) is 1. The van der Waals surface area contributed by atoms with E-state index >= 15 is 0 Å². The predicted molar refractivity (Wildman–Crippen MR) is 82.2 cm³/mol. The molecule has 0 aromatic carbocycles. The lowest BCUT2D eigenvalue weighted by molar-refractivity contribution is 0.357. The van der Waals surface area contributed by atoms with Crippen molar-refractivity contribution in [3.8, 4) is 0 Å². The fraction of sp³-hybridized carbons (Fsp3) is 0.533. The Balaban J connectivity index is 1.68. The SMILES string of the molecule is CN1C=CN(C2CC3CCC(C2)N3)c2ncc(Cl)cc21. The maximum absolute atomic E-state index is 6.09. The lowest BCUT2D eigenvalue weighted by Crippen LogP contribution is -2.47. The second kappa shape index (κ2) is 4.64. The van der Waals surface area contributed by atoms with E-state index in [4.69, 9.17) is 11.6 Å². The molecule has 4 nitrogen and oxygen atoms in total. The third kappa shape index (κ3) is 1.98. The maximum Gasteiger partial charge on any atom is 0.156 e. The van der Waals surface area contributed by atoms with Gasteiger partial charge in [0.1, 0.15) is 0 Å². The summed E-state index contributed by atoms with van der Waals surface area (Å²) in [5, 5.41) is 4.39. The van der Waals surface area contributed by atoms with Crippen LogP contribution in [0.15, 0.2) is 24.7 Å². The summed E-state index contributed by atoms with van der Waals surface area (Å²) in [6.45, 7) is 0.